The van der Waals surface area contributed by atoms with Crippen molar-refractivity contribution in [2.75, 3.05) is 20.7 Å². The molecule has 11 bridgehead atoms. The highest BCUT2D eigenvalue weighted by molar-refractivity contribution is 6.00. The minimum absolute atomic E-state index is 0.0105. The van der Waals surface area contributed by atoms with Crippen molar-refractivity contribution in [3.63, 3.8) is 0 Å². The molecule has 490 valence electrons. The number of amides is 7. The Morgan fingerprint density at radius 2 is 1.35 bits per heavy atom. The number of likely N-dealkylation sites (N-methyl/N-ethyl adjacent to an activating group) is 1. The Hall–Kier alpha value is -9.34. The number of aryl methyl sites for hydroxylation is 2. The van der Waals surface area contributed by atoms with Crippen molar-refractivity contribution in [3.8, 4) is 57.1 Å². The van der Waals surface area contributed by atoms with Crippen LogP contribution in [0.3, 0.4) is 0 Å². The Kier molecular flexibility index (Phi) is 20.1. The quantitative estimate of drug-likeness (QED) is 0.0795. The van der Waals surface area contributed by atoms with Crippen molar-refractivity contribution >= 4 is 47.6 Å². The van der Waals surface area contributed by atoms with Gasteiger partial charge in [0, 0.05) is 29.0 Å². The molecule has 11 rings (SSSR count). The summed E-state index contributed by atoms with van der Waals surface area (Å²) in [7, 11) is 3.33. The third-order valence-corrected chi connectivity index (χ3v) is 17.2. The molecule has 6 heterocycles. The van der Waals surface area contributed by atoms with Gasteiger partial charge in [0.15, 0.2) is 11.5 Å². The fraction of sp³-hybridized carbons (Fsp3) is 0.424. The maximum atomic E-state index is 15.9. The predicted molar refractivity (Wildman–Crippen MR) is 330 cm³/mol. The average molecular weight is 1270 g/mol. The number of aliphatic hydroxyl groups excluding tert-OH is 3. The number of carbonyl (C=O) groups excluding carboxylic acids is 8. The van der Waals surface area contributed by atoms with Crippen LogP contribution >= 0.6 is 0 Å². The first-order chi connectivity index (χ1) is 43.6. The number of phenolic OH excluding ortho intramolecular Hbond substituents is 3. The van der Waals surface area contributed by atoms with E-state index < -0.39 is 144 Å². The lowest BCUT2D eigenvalue weighted by atomic mass is 9.87. The Labute approximate surface area is 530 Å². The summed E-state index contributed by atoms with van der Waals surface area (Å²) >= 11 is 0. The molecule has 1 fully saturated rings. The van der Waals surface area contributed by atoms with Crippen LogP contribution in [0.1, 0.15) is 128 Å². The van der Waals surface area contributed by atoms with Crippen LogP contribution in [-0.2, 0) is 43.1 Å². The summed E-state index contributed by atoms with van der Waals surface area (Å²) in [5.41, 5.74) is 6.06. The number of hydrogen-bond donors (Lipinski definition) is 13. The molecule has 26 heteroatoms. The standard InChI is InChI=1S/C66H78N8O18/c1-10-46-59(82)45(78)23-37(90-46)27-89-60-49-21-36-22-50(60)92-48-16-13-35(19-30(48)5)58(81)56(73-62(84)42(74(8)9)17-28(2)3)66(88)68-40(25-51(67)79)61(83)71-55(36)65(87)72-54-34-11-14-43(76)39(20-34)52-38(24-44(77)32(7)57(52)80)41(26-75)69-63(85)53(70-64(54)86)31(6)33-12-15-47(91-49)29(4)18-33/h11-16,18-22,24,26,28,31,37,40-42,45-46,53-56,58-59,76-78,80-82H,10,17,23,25,27H2,1-9H3,(H2,67,79)(H,68,88)(H,69,85)(H,70,86)(H,71,83)(H,72,87)(H,73,84). The molecule has 0 aromatic heterocycles. The van der Waals surface area contributed by atoms with E-state index in [-0.39, 0.29) is 86.6 Å². The maximum Gasteiger partial charge on any atom is 0.248 e. The molecule has 26 nitrogen and oxygen atoms in total. The Bertz CT molecular complexity index is 3730. The summed E-state index contributed by atoms with van der Waals surface area (Å²) in [5, 5.41) is 84.4. The number of rotatable bonds is 12. The van der Waals surface area contributed by atoms with E-state index in [2.05, 4.69) is 31.9 Å². The van der Waals surface area contributed by atoms with Crippen LogP contribution in [0.25, 0.3) is 11.1 Å². The number of aliphatic hydroxyl groups is 3. The van der Waals surface area contributed by atoms with Crippen molar-refractivity contribution in [2.24, 2.45) is 11.7 Å². The molecular weight excluding hydrogens is 1190 g/mol. The molecule has 0 spiro atoms. The van der Waals surface area contributed by atoms with Gasteiger partial charge in [0.2, 0.25) is 47.1 Å². The van der Waals surface area contributed by atoms with E-state index >= 15 is 14.4 Å². The van der Waals surface area contributed by atoms with Gasteiger partial charge in [-0.1, -0.05) is 52.0 Å². The molecule has 0 saturated carbocycles. The van der Waals surface area contributed by atoms with Crippen LogP contribution in [0.2, 0.25) is 0 Å². The molecule has 13 atom stereocenters. The number of ether oxygens (including phenoxy) is 4. The van der Waals surface area contributed by atoms with Crippen LogP contribution in [0.15, 0.2) is 72.8 Å². The highest BCUT2D eigenvalue weighted by Crippen LogP contribution is 2.49. The summed E-state index contributed by atoms with van der Waals surface area (Å²) in [5.74, 6) is -10.3. The molecule has 0 aliphatic carbocycles. The van der Waals surface area contributed by atoms with Gasteiger partial charge in [-0.15, -0.1) is 0 Å². The zero-order valence-corrected chi connectivity index (χ0v) is 52.2. The Morgan fingerprint density at radius 1 is 0.739 bits per heavy atom. The first kappa shape index (κ1) is 67.1. The van der Waals surface area contributed by atoms with E-state index in [0.717, 1.165) is 12.1 Å². The van der Waals surface area contributed by atoms with Crippen LogP contribution in [0, 0.1) is 26.7 Å². The van der Waals surface area contributed by atoms with Crippen molar-refractivity contribution in [3.05, 3.63) is 117 Å². The van der Waals surface area contributed by atoms with Crippen LogP contribution in [0.4, 0.5) is 0 Å². The van der Waals surface area contributed by atoms with Crippen molar-refractivity contribution in [1.82, 2.24) is 36.8 Å². The average Bonchev–Trinajstić information content (AvgIpc) is 0.997. The lowest BCUT2D eigenvalue weighted by Crippen LogP contribution is -2.59. The van der Waals surface area contributed by atoms with Gasteiger partial charge in [-0.2, -0.15) is 0 Å². The molecule has 0 radical (unpaired) electrons. The molecule has 5 aromatic rings. The number of aldehydes is 1. The summed E-state index contributed by atoms with van der Waals surface area (Å²) in [6.45, 7) is 11.5. The second-order valence-corrected chi connectivity index (χ2v) is 24.6. The van der Waals surface area contributed by atoms with E-state index in [1.807, 2.05) is 13.8 Å². The second-order valence-electron chi connectivity index (χ2n) is 24.6. The van der Waals surface area contributed by atoms with Gasteiger partial charge in [-0.25, -0.2) is 0 Å². The number of primary amides is 1. The predicted octanol–water partition coefficient (Wildman–Crippen LogP) is 3.50. The molecule has 92 heavy (non-hydrogen) atoms. The van der Waals surface area contributed by atoms with E-state index in [0.29, 0.717) is 35.8 Å². The summed E-state index contributed by atoms with van der Waals surface area (Å²) in [4.78, 5) is 118. The lowest BCUT2D eigenvalue weighted by Gasteiger charge is -2.36. The third kappa shape index (κ3) is 14.1. The second kappa shape index (κ2) is 27.6. The van der Waals surface area contributed by atoms with Gasteiger partial charge in [0.25, 0.3) is 0 Å². The number of carbonyl (C=O) groups is 8. The Balaban J connectivity index is 1.30. The third-order valence-electron chi connectivity index (χ3n) is 17.2. The number of nitrogens with two attached hydrogens (primary N) is 1. The van der Waals surface area contributed by atoms with Gasteiger partial charge < -0.3 is 92.0 Å². The first-order valence-corrected chi connectivity index (χ1v) is 30.3. The number of phenols is 3. The highest BCUT2D eigenvalue weighted by atomic mass is 16.6. The van der Waals surface area contributed by atoms with Gasteiger partial charge in [0.1, 0.15) is 90.1 Å². The summed E-state index contributed by atoms with van der Waals surface area (Å²) in [6.07, 6.45) is -5.88. The van der Waals surface area contributed by atoms with E-state index in [4.69, 9.17) is 24.7 Å². The zero-order chi connectivity index (χ0) is 66.9. The molecule has 6 aliphatic heterocycles. The van der Waals surface area contributed by atoms with Gasteiger partial charge in [0.05, 0.1) is 30.8 Å². The van der Waals surface area contributed by atoms with E-state index in [9.17, 15) is 54.6 Å². The SMILES string of the molecule is CCC1OC(COc2c3cc4cc2Oc2ccc(cc2C)C(O)C(NC(=O)C(CC(C)C)N(C)C)C(=O)NC(CC(N)=O)C(=O)NC4C(=O)NC2C(=O)NC(C(=O)NC(C=O)c4cc(O)c(C)c(O)c4-c4cc2ccc4O)C(C)c2ccc(c(C)c2)O3)CC(O)C1O. The smallest absolute Gasteiger partial charge is 0.248 e. The number of hydrogen-bond acceptors (Lipinski definition) is 19. The topological polar surface area (TPSA) is 396 Å². The number of nitrogens with zero attached hydrogens (tertiary/aromatic N) is 1. The van der Waals surface area contributed by atoms with Crippen molar-refractivity contribution in [1.29, 1.82) is 0 Å². The molecule has 7 amide bonds. The molecule has 5 aromatic carbocycles. The minimum Gasteiger partial charge on any atom is -0.508 e. The fourth-order valence-corrected chi connectivity index (χ4v) is 12.0. The number of benzene rings is 5. The number of nitrogens with one attached hydrogen (secondary N) is 6. The lowest BCUT2D eigenvalue weighted by molar-refractivity contribution is -0.175. The van der Waals surface area contributed by atoms with Crippen LogP contribution < -0.4 is 51.8 Å². The zero-order valence-electron chi connectivity index (χ0n) is 52.2. The molecular formula is C66H78N8O18. The van der Waals surface area contributed by atoms with Gasteiger partial charge in [-0.05, 0) is 141 Å². The summed E-state index contributed by atoms with van der Waals surface area (Å²) in [6, 6.07) is 4.80. The Morgan fingerprint density at radius 3 is 1.96 bits per heavy atom. The fourth-order valence-electron chi connectivity index (χ4n) is 12.0. The van der Waals surface area contributed by atoms with Gasteiger partial charge >= 0.3 is 0 Å². The molecule has 13 unspecified atom stereocenters. The van der Waals surface area contributed by atoms with Crippen LogP contribution in [-0.4, -0.2) is 152 Å². The molecule has 1 saturated heterocycles. The monoisotopic (exact) mass is 1270 g/mol. The normalized spacial score (nSPS) is 25.3. The maximum absolute atomic E-state index is 15.9. The molecule has 14 N–H and O–H groups in total. The van der Waals surface area contributed by atoms with Crippen molar-refractivity contribution < 1.29 is 87.9 Å². The minimum atomic E-state index is -2.06. The first-order valence-electron chi connectivity index (χ1n) is 30.3. The van der Waals surface area contributed by atoms with Gasteiger partial charge in [-0.3, -0.25) is 38.5 Å². The largest absolute Gasteiger partial charge is 0.508 e. The molecule has 6 aliphatic rings. The van der Waals surface area contributed by atoms with Crippen LogP contribution in [0.5, 0.6) is 46.0 Å². The van der Waals surface area contributed by atoms with E-state index in [1.165, 1.54) is 49.4 Å². The summed E-state index contributed by atoms with van der Waals surface area (Å²) < 4.78 is 26.4. The number of fused-ring (bicyclic) bond motifs is 15. The van der Waals surface area contributed by atoms with E-state index in [1.54, 1.807) is 64.9 Å². The highest BCUT2D eigenvalue weighted by Gasteiger charge is 2.42. The number of aromatic hydroxyl groups is 3. The van der Waals surface area contributed by atoms with Crippen molar-refractivity contribution in [2.45, 2.75) is 153 Å².